The first kappa shape index (κ1) is 18.7. The lowest BCUT2D eigenvalue weighted by atomic mass is 9.72. The molecule has 3 aliphatic rings. The zero-order valence-electron chi connectivity index (χ0n) is 16.4. The monoisotopic (exact) mass is 373 g/mol. The van der Waals surface area contributed by atoms with E-state index >= 15 is 0 Å². The lowest BCUT2D eigenvalue weighted by molar-refractivity contribution is -0.199. The van der Waals surface area contributed by atoms with Gasteiger partial charge in [0.05, 0.1) is 11.1 Å². The van der Waals surface area contributed by atoms with E-state index in [9.17, 15) is 9.90 Å². The van der Waals surface area contributed by atoms with Crippen LogP contribution in [0.2, 0.25) is 0 Å². The summed E-state index contributed by atoms with van der Waals surface area (Å²) in [6, 6.07) is 4.13. The average molecular weight is 373 g/mol. The number of aromatic nitrogens is 1. The van der Waals surface area contributed by atoms with Crippen LogP contribution in [0, 0.1) is 12.8 Å². The third-order valence-electron chi connectivity index (χ3n) is 6.83. The van der Waals surface area contributed by atoms with E-state index in [2.05, 4.69) is 27.3 Å². The minimum Gasteiger partial charge on any atom is -0.388 e. The molecule has 1 aromatic rings. The van der Waals surface area contributed by atoms with E-state index < -0.39 is 17.2 Å². The SMILES string of the molecule is Cc1ccc(N2CCC3(CC2)OCC[C@](C)(NC(=O)C2CCC2)[C@H]3O)nc1. The number of ether oxygens (including phenoxy) is 1. The van der Waals surface area contributed by atoms with Crippen molar-refractivity contribution in [3.8, 4) is 0 Å². The summed E-state index contributed by atoms with van der Waals surface area (Å²) in [5.74, 6) is 1.20. The zero-order chi connectivity index (χ0) is 19.1. The molecule has 2 saturated heterocycles. The molecule has 2 atom stereocenters. The van der Waals surface area contributed by atoms with Crippen LogP contribution in [-0.4, -0.2) is 52.9 Å². The van der Waals surface area contributed by atoms with Gasteiger partial charge < -0.3 is 20.1 Å². The minimum absolute atomic E-state index is 0.0983. The van der Waals surface area contributed by atoms with Crippen molar-refractivity contribution in [3.63, 3.8) is 0 Å². The topological polar surface area (TPSA) is 74.7 Å². The Morgan fingerprint density at radius 1 is 1.30 bits per heavy atom. The summed E-state index contributed by atoms with van der Waals surface area (Å²) >= 11 is 0. The summed E-state index contributed by atoms with van der Waals surface area (Å²) in [4.78, 5) is 19.3. The largest absolute Gasteiger partial charge is 0.388 e. The van der Waals surface area contributed by atoms with Crippen molar-refractivity contribution in [2.75, 3.05) is 24.6 Å². The van der Waals surface area contributed by atoms with Crippen LogP contribution in [0.15, 0.2) is 18.3 Å². The van der Waals surface area contributed by atoms with Crippen LogP contribution in [-0.2, 0) is 9.53 Å². The van der Waals surface area contributed by atoms with Crippen LogP contribution in [0.5, 0.6) is 0 Å². The molecule has 3 fully saturated rings. The van der Waals surface area contributed by atoms with Gasteiger partial charge in [0, 0.05) is 31.8 Å². The van der Waals surface area contributed by atoms with Gasteiger partial charge in [0.25, 0.3) is 0 Å². The number of aliphatic hydroxyl groups is 1. The molecule has 1 saturated carbocycles. The van der Waals surface area contributed by atoms with Crippen LogP contribution in [0.3, 0.4) is 0 Å². The van der Waals surface area contributed by atoms with Gasteiger partial charge in [-0.1, -0.05) is 12.5 Å². The standard InChI is InChI=1S/C21H31N3O3/c1-15-6-7-17(22-14-15)24-11-8-21(9-12-24)19(26)20(2,10-13-27-21)23-18(25)16-4-3-5-16/h6-7,14,16,19,26H,3-5,8-13H2,1-2H3,(H,23,25)/t19-,20+/m1/s1. The van der Waals surface area contributed by atoms with Crippen LogP contribution < -0.4 is 10.2 Å². The summed E-state index contributed by atoms with van der Waals surface area (Å²) in [7, 11) is 0. The van der Waals surface area contributed by atoms with Gasteiger partial charge in [0.15, 0.2) is 0 Å². The maximum Gasteiger partial charge on any atom is 0.223 e. The van der Waals surface area contributed by atoms with E-state index in [0.717, 1.165) is 56.6 Å². The Balaban J connectivity index is 1.43. The zero-order valence-corrected chi connectivity index (χ0v) is 16.4. The molecule has 6 heteroatoms. The first-order valence-electron chi connectivity index (χ1n) is 10.2. The highest BCUT2D eigenvalue weighted by Crippen LogP contribution is 2.41. The van der Waals surface area contributed by atoms with Crippen molar-refractivity contribution in [1.82, 2.24) is 10.3 Å². The van der Waals surface area contributed by atoms with Crippen LogP contribution in [0.4, 0.5) is 5.82 Å². The molecule has 27 heavy (non-hydrogen) atoms. The fourth-order valence-corrected chi connectivity index (χ4v) is 4.63. The molecule has 1 amide bonds. The molecule has 4 rings (SSSR count). The fraction of sp³-hybridized carbons (Fsp3) is 0.714. The second kappa shape index (κ2) is 7.06. The maximum absolute atomic E-state index is 12.5. The molecular formula is C21H31N3O3. The highest BCUT2D eigenvalue weighted by atomic mass is 16.5. The predicted octanol–water partition coefficient (Wildman–Crippen LogP) is 2.19. The molecule has 2 N–H and O–H groups in total. The van der Waals surface area contributed by atoms with Crippen LogP contribution in [0.1, 0.15) is 51.0 Å². The van der Waals surface area contributed by atoms with Gasteiger partial charge in [-0.2, -0.15) is 0 Å². The van der Waals surface area contributed by atoms with Gasteiger partial charge in [-0.05, 0) is 57.6 Å². The molecule has 1 aromatic heterocycles. The fourth-order valence-electron chi connectivity index (χ4n) is 4.63. The van der Waals surface area contributed by atoms with Gasteiger partial charge in [0.2, 0.25) is 5.91 Å². The summed E-state index contributed by atoms with van der Waals surface area (Å²) < 4.78 is 6.15. The number of amides is 1. The third-order valence-corrected chi connectivity index (χ3v) is 6.83. The normalized spacial score (nSPS) is 30.8. The number of nitrogens with zero attached hydrogens (tertiary/aromatic N) is 2. The number of pyridine rings is 1. The molecule has 3 heterocycles. The Hall–Kier alpha value is -1.66. The average Bonchev–Trinajstić information content (AvgIpc) is 2.60. The molecular weight excluding hydrogens is 342 g/mol. The number of hydrogen-bond donors (Lipinski definition) is 2. The molecule has 148 valence electrons. The van der Waals surface area contributed by atoms with Crippen molar-refractivity contribution < 1.29 is 14.6 Å². The molecule has 0 aromatic carbocycles. The number of aryl methyl sites for hydroxylation is 1. The molecule has 0 radical (unpaired) electrons. The van der Waals surface area contributed by atoms with Crippen LogP contribution in [0.25, 0.3) is 0 Å². The van der Waals surface area contributed by atoms with E-state index in [1.54, 1.807) is 0 Å². The van der Waals surface area contributed by atoms with Gasteiger partial charge in [-0.25, -0.2) is 4.98 Å². The third kappa shape index (κ3) is 3.45. The summed E-state index contributed by atoms with van der Waals surface area (Å²) in [6.45, 7) is 6.17. The molecule has 6 nitrogen and oxygen atoms in total. The van der Waals surface area contributed by atoms with Gasteiger partial charge in [-0.15, -0.1) is 0 Å². The number of anilines is 1. The van der Waals surface area contributed by atoms with Gasteiger partial charge >= 0.3 is 0 Å². The molecule has 2 aliphatic heterocycles. The van der Waals surface area contributed by atoms with E-state index in [-0.39, 0.29) is 11.8 Å². The summed E-state index contributed by atoms with van der Waals surface area (Å²) in [5.41, 5.74) is -0.0488. The van der Waals surface area contributed by atoms with Gasteiger partial charge in [-0.3, -0.25) is 4.79 Å². The van der Waals surface area contributed by atoms with E-state index in [0.29, 0.717) is 13.0 Å². The molecule has 0 bridgehead atoms. The molecule has 1 aliphatic carbocycles. The van der Waals surface area contributed by atoms with Crippen LogP contribution >= 0.6 is 0 Å². The first-order chi connectivity index (χ1) is 12.9. The van der Waals surface area contributed by atoms with Crippen molar-refractivity contribution in [2.24, 2.45) is 5.92 Å². The van der Waals surface area contributed by atoms with Gasteiger partial charge in [0.1, 0.15) is 11.9 Å². The Labute approximate surface area is 161 Å². The number of hydrogen-bond acceptors (Lipinski definition) is 5. The summed E-state index contributed by atoms with van der Waals surface area (Å²) in [6.07, 6.45) is 6.38. The van der Waals surface area contributed by atoms with E-state index in [4.69, 9.17) is 4.74 Å². The number of rotatable bonds is 3. The Kier molecular flexibility index (Phi) is 4.89. The number of piperidine rings is 1. The smallest absolute Gasteiger partial charge is 0.223 e. The highest BCUT2D eigenvalue weighted by Gasteiger charge is 2.54. The second-order valence-electron chi connectivity index (χ2n) is 8.78. The second-order valence-corrected chi connectivity index (χ2v) is 8.78. The predicted molar refractivity (Wildman–Crippen MR) is 104 cm³/mol. The highest BCUT2D eigenvalue weighted by molar-refractivity contribution is 5.80. The maximum atomic E-state index is 12.5. The number of aliphatic hydroxyl groups excluding tert-OH is 1. The Morgan fingerprint density at radius 3 is 2.63 bits per heavy atom. The summed E-state index contributed by atoms with van der Waals surface area (Å²) in [5, 5.41) is 14.4. The number of carbonyl (C=O) groups excluding carboxylic acids is 1. The van der Waals surface area contributed by atoms with Crippen molar-refractivity contribution in [2.45, 2.75) is 69.6 Å². The van der Waals surface area contributed by atoms with E-state index in [1.807, 2.05) is 20.0 Å². The Morgan fingerprint density at radius 2 is 2.04 bits per heavy atom. The Bertz CT molecular complexity index is 680. The first-order valence-corrected chi connectivity index (χ1v) is 10.2. The van der Waals surface area contributed by atoms with E-state index in [1.165, 1.54) is 0 Å². The number of carbonyl (C=O) groups is 1. The minimum atomic E-state index is -0.698. The number of nitrogens with one attached hydrogen (secondary N) is 1. The van der Waals surface area contributed by atoms with Crippen molar-refractivity contribution in [1.29, 1.82) is 0 Å². The molecule has 0 unspecified atom stereocenters. The van der Waals surface area contributed by atoms with Crippen molar-refractivity contribution >= 4 is 11.7 Å². The lowest BCUT2D eigenvalue weighted by Crippen LogP contribution is -2.69. The molecule has 1 spiro atoms. The quantitative estimate of drug-likeness (QED) is 0.850. The van der Waals surface area contributed by atoms with Crippen molar-refractivity contribution in [3.05, 3.63) is 23.9 Å². The lowest BCUT2D eigenvalue weighted by Gasteiger charge is -2.54.